The Bertz CT molecular complexity index is 709. The van der Waals surface area contributed by atoms with Crippen LogP contribution in [0.2, 0.25) is 0 Å². The van der Waals surface area contributed by atoms with Crippen LogP contribution in [0, 0.1) is 0 Å². The lowest BCUT2D eigenvalue weighted by molar-refractivity contribution is 0.103. The van der Waals surface area contributed by atoms with Gasteiger partial charge in [0.1, 0.15) is 5.75 Å². The van der Waals surface area contributed by atoms with Gasteiger partial charge in [0.05, 0.1) is 28.2 Å². The zero-order valence-electron chi connectivity index (χ0n) is 12.4. The highest BCUT2D eigenvalue weighted by Crippen LogP contribution is 2.43. The second-order valence-electron chi connectivity index (χ2n) is 5.10. The number of methoxy groups -OCH3 is 1. The van der Waals surface area contributed by atoms with E-state index in [-0.39, 0.29) is 5.78 Å². The molecule has 1 aliphatic carbocycles. The Morgan fingerprint density at radius 1 is 1.45 bits per heavy atom. The third-order valence-corrected chi connectivity index (χ3v) is 5.31. The lowest BCUT2D eigenvalue weighted by atomic mass is 10.0. The molecule has 0 spiro atoms. The molecule has 0 radical (unpaired) electrons. The Hall–Kier alpha value is -1.27. The molecule has 0 aliphatic heterocycles. The van der Waals surface area contributed by atoms with Crippen molar-refractivity contribution >= 4 is 33.5 Å². The van der Waals surface area contributed by atoms with E-state index in [0.717, 1.165) is 23.5 Å². The van der Waals surface area contributed by atoms with Crippen LogP contribution in [0.1, 0.15) is 47.4 Å². The summed E-state index contributed by atoms with van der Waals surface area (Å²) < 4.78 is 11.4. The minimum Gasteiger partial charge on any atom is -0.494 e. The number of hydrogen-bond acceptors (Lipinski definition) is 5. The number of carbonyl (C=O) groups is 1. The molecular weight excluding hydrogens is 366 g/mol. The van der Waals surface area contributed by atoms with Gasteiger partial charge >= 0.3 is 0 Å². The maximum atomic E-state index is 12.8. The van der Waals surface area contributed by atoms with Gasteiger partial charge in [-0.3, -0.25) is 4.79 Å². The number of halogens is 1. The van der Waals surface area contributed by atoms with E-state index in [1.165, 1.54) is 6.20 Å². The largest absolute Gasteiger partial charge is 0.494 e. The first-order valence-electron chi connectivity index (χ1n) is 7.15. The van der Waals surface area contributed by atoms with Crippen LogP contribution < -0.4 is 4.74 Å². The molecule has 1 heterocycles. The molecule has 0 saturated heterocycles. The molecule has 4 nitrogen and oxygen atoms in total. The molecule has 0 atom stereocenters. The average molecular weight is 382 g/mol. The number of thioether (sulfide) groups is 1. The standard InChI is InChI=1S/C16H16BrNO3S/c1-3-22-12-7-6-10(13(17)16(12)20-2)14(19)11-8-18-21-15(11)9-4-5-9/h6-9H,3-5H2,1-2H3. The van der Waals surface area contributed by atoms with Crippen LogP contribution in [0.25, 0.3) is 0 Å². The molecule has 0 amide bonds. The number of nitrogens with zero attached hydrogens (tertiary/aromatic N) is 1. The lowest BCUT2D eigenvalue weighted by Crippen LogP contribution is -2.05. The fourth-order valence-electron chi connectivity index (χ4n) is 2.38. The Morgan fingerprint density at radius 2 is 2.23 bits per heavy atom. The quantitative estimate of drug-likeness (QED) is 0.537. The molecule has 116 valence electrons. The van der Waals surface area contributed by atoms with Gasteiger partial charge < -0.3 is 9.26 Å². The van der Waals surface area contributed by atoms with Gasteiger partial charge in [-0.2, -0.15) is 0 Å². The van der Waals surface area contributed by atoms with Crippen LogP contribution in [-0.2, 0) is 0 Å². The predicted molar refractivity (Wildman–Crippen MR) is 89.0 cm³/mol. The first kappa shape index (κ1) is 15.6. The van der Waals surface area contributed by atoms with Crippen molar-refractivity contribution in [1.82, 2.24) is 5.16 Å². The molecule has 1 fully saturated rings. The second-order valence-corrected chi connectivity index (χ2v) is 7.20. The number of rotatable bonds is 6. The van der Waals surface area contributed by atoms with Crippen molar-refractivity contribution in [3.05, 3.63) is 39.7 Å². The van der Waals surface area contributed by atoms with E-state index >= 15 is 0 Å². The van der Waals surface area contributed by atoms with E-state index in [1.807, 2.05) is 12.1 Å². The number of benzene rings is 1. The van der Waals surface area contributed by atoms with Gasteiger partial charge in [0.2, 0.25) is 0 Å². The number of hydrogen-bond donors (Lipinski definition) is 0. The first-order chi connectivity index (χ1) is 10.7. The summed E-state index contributed by atoms with van der Waals surface area (Å²) in [6, 6.07) is 3.76. The molecule has 2 aromatic rings. The summed E-state index contributed by atoms with van der Waals surface area (Å²) in [5.41, 5.74) is 1.13. The molecule has 1 aromatic heterocycles. The maximum Gasteiger partial charge on any atom is 0.199 e. The maximum absolute atomic E-state index is 12.8. The first-order valence-corrected chi connectivity index (χ1v) is 8.93. The van der Waals surface area contributed by atoms with Crippen LogP contribution in [0.3, 0.4) is 0 Å². The van der Waals surface area contributed by atoms with Gasteiger partial charge in [0.25, 0.3) is 0 Å². The number of carbonyl (C=O) groups excluding carboxylic acids is 1. The topological polar surface area (TPSA) is 52.3 Å². The summed E-state index contributed by atoms with van der Waals surface area (Å²) >= 11 is 5.19. The number of ketones is 1. The second kappa shape index (κ2) is 6.46. The molecule has 0 N–H and O–H groups in total. The Kier molecular flexibility index (Phi) is 4.59. The van der Waals surface area contributed by atoms with Crippen LogP contribution in [0.15, 0.2) is 32.2 Å². The zero-order chi connectivity index (χ0) is 15.7. The van der Waals surface area contributed by atoms with Gasteiger partial charge in [-0.05, 0) is 46.7 Å². The van der Waals surface area contributed by atoms with Gasteiger partial charge in [0.15, 0.2) is 11.5 Å². The Labute approximate surface area is 141 Å². The van der Waals surface area contributed by atoms with Crippen molar-refractivity contribution < 1.29 is 14.1 Å². The highest BCUT2D eigenvalue weighted by Gasteiger charge is 2.33. The summed E-state index contributed by atoms with van der Waals surface area (Å²) in [6.07, 6.45) is 3.64. The van der Waals surface area contributed by atoms with E-state index < -0.39 is 0 Å². The summed E-state index contributed by atoms with van der Waals surface area (Å²) in [4.78, 5) is 13.8. The normalized spacial score (nSPS) is 14.1. The average Bonchev–Trinajstić information content (AvgIpc) is 3.24. The molecular formula is C16H16BrNO3S. The van der Waals surface area contributed by atoms with Gasteiger partial charge in [0, 0.05) is 11.5 Å². The van der Waals surface area contributed by atoms with Crippen molar-refractivity contribution in [3.63, 3.8) is 0 Å². The summed E-state index contributed by atoms with van der Waals surface area (Å²) in [6.45, 7) is 2.08. The highest BCUT2D eigenvalue weighted by atomic mass is 79.9. The lowest BCUT2D eigenvalue weighted by Gasteiger charge is -2.12. The van der Waals surface area contributed by atoms with Crippen molar-refractivity contribution in [2.24, 2.45) is 0 Å². The van der Waals surface area contributed by atoms with E-state index in [2.05, 4.69) is 28.0 Å². The fourth-order valence-corrected chi connectivity index (χ4v) is 3.99. The molecule has 0 bridgehead atoms. The van der Waals surface area contributed by atoms with Crippen LogP contribution in [-0.4, -0.2) is 23.8 Å². The zero-order valence-corrected chi connectivity index (χ0v) is 14.8. The van der Waals surface area contributed by atoms with Gasteiger partial charge in [-0.15, -0.1) is 11.8 Å². The van der Waals surface area contributed by atoms with Crippen LogP contribution >= 0.6 is 27.7 Å². The van der Waals surface area contributed by atoms with Gasteiger partial charge in [-0.1, -0.05) is 12.1 Å². The predicted octanol–water partition coefficient (Wildman–Crippen LogP) is 4.67. The SMILES string of the molecule is CCSc1ccc(C(=O)c2cnoc2C2CC2)c(Br)c1OC. The Morgan fingerprint density at radius 3 is 2.86 bits per heavy atom. The van der Waals surface area contributed by atoms with Crippen molar-refractivity contribution in [3.8, 4) is 5.75 Å². The molecule has 3 rings (SSSR count). The highest BCUT2D eigenvalue weighted by molar-refractivity contribution is 9.10. The number of aromatic nitrogens is 1. The minimum absolute atomic E-state index is 0.0821. The molecule has 1 aromatic carbocycles. The van der Waals surface area contributed by atoms with Crippen molar-refractivity contribution in [2.75, 3.05) is 12.9 Å². The Balaban J connectivity index is 2.00. The fraction of sp³-hybridized carbons (Fsp3) is 0.375. The van der Waals surface area contributed by atoms with Gasteiger partial charge in [-0.25, -0.2) is 0 Å². The summed E-state index contributed by atoms with van der Waals surface area (Å²) in [5, 5.41) is 3.80. The monoisotopic (exact) mass is 381 g/mol. The van der Waals surface area contributed by atoms with Crippen LogP contribution in [0.5, 0.6) is 5.75 Å². The van der Waals surface area contributed by atoms with Crippen molar-refractivity contribution in [1.29, 1.82) is 0 Å². The smallest absolute Gasteiger partial charge is 0.199 e. The van der Waals surface area contributed by atoms with E-state index in [0.29, 0.717) is 33.0 Å². The van der Waals surface area contributed by atoms with E-state index in [4.69, 9.17) is 9.26 Å². The molecule has 1 aliphatic rings. The van der Waals surface area contributed by atoms with E-state index in [1.54, 1.807) is 18.9 Å². The molecule has 1 saturated carbocycles. The molecule has 6 heteroatoms. The summed E-state index contributed by atoms with van der Waals surface area (Å²) in [7, 11) is 1.61. The molecule has 22 heavy (non-hydrogen) atoms. The minimum atomic E-state index is -0.0821. The van der Waals surface area contributed by atoms with Crippen molar-refractivity contribution in [2.45, 2.75) is 30.6 Å². The third-order valence-electron chi connectivity index (χ3n) is 3.60. The summed E-state index contributed by atoms with van der Waals surface area (Å²) in [5.74, 6) is 2.61. The van der Waals surface area contributed by atoms with E-state index in [9.17, 15) is 4.79 Å². The molecule has 0 unspecified atom stereocenters. The van der Waals surface area contributed by atoms with Crippen LogP contribution in [0.4, 0.5) is 0 Å². The third kappa shape index (κ3) is 2.82. The number of ether oxygens (including phenoxy) is 1.